The Balaban J connectivity index is 1.44. The van der Waals surface area contributed by atoms with E-state index in [0.29, 0.717) is 11.8 Å². The summed E-state index contributed by atoms with van der Waals surface area (Å²) in [7, 11) is 1.78. The highest BCUT2D eigenvalue weighted by atomic mass is 16.7. The molecule has 2 saturated heterocycles. The van der Waals surface area contributed by atoms with Crippen LogP contribution in [0.5, 0.6) is 0 Å². The van der Waals surface area contributed by atoms with Gasteiger partial charge in [0.2, 0.25) is 0 Å². The Morgan fingerprint density at radius 3 is 2.68 bits per heavy atom. The number of furan rings is 1. The molecule has 166 valence electrons. The van der Waals surface area contributed by atoms with Gasteiger partial charge in [0.15, 0.2) is 5.79 Å². The summed E-state index contributed by atoms with van der Waals surface area (Å²) >= 11 is 0. The fourth-order valence-electron chi connectivity index (χ4n) is 8.14. The Bertz CT molecular complexity index is 975. The van der Waals surface area contributed by atoms with E-state index >= 15 is 0 Å². The minimum absolute atomic E-state index is 0.0430. The van der Waals surface area contributed by atoms with Crippen molar-refractivity contribution in [3.8, 4) is 0 Å². The van der Waals surface area contributed by atoms with Crippen LogP contribution in [0.3, 0.4) is 0 Å². The summed E-state index contributed by atoms with van der Waals surface area (Å²) in [6, 6.07) is 1.93. The lowest BCUT2D eigenvalue weighted by molar-refractivity contribution is -0.343. The Labute approximate surface area is 183 Å². The van der Waals surface area contributed by atoms with Gasteiger partial charge in [-0.1, -0.05) is 32.4 Å². The van der Waals surface area contributed by atoms with Gasteiger partial charge in [-0.3, -0.25) is 0 Å². The van der Waals surface area contributed by atoms with Crippen LogP contribution in [0.2, 0.25) is 0 Å². The monoisotopic (exact) mass is 424 g/mol. The van der Waals surface area contributed by atoms with E-state index in [4.69, 9.17) is 18.6 Å². The predicted molar refractivity (Wildman–Crippen MR) is 114 cm³/mol. The van der Waals surface area contributed by atoms with Gasteiger partial charge in [0.25, 0.3) is 0 Å². The molecule has 7 rings (SSSR count). The number of methoxy groups -OCH3 is 1. The van der Waals surface area contributed by atoms with Gasteiger partial charge in [-0.05, 0) is 49.2 Å². The number of carbonyl (C=O) groups excluding carboxylic acids is 1. The van der Waals surface area contributed by atoms with Crippen LogP contribution in [0.4, 0.5) is 0 Å². The minimum Gasteiger partial charge on any atom is -0.472 e. The lowest BCUT2D eigenvalue weighted by Gasteiger charge is -2.68. The molecule has 31 heavy (non-hydrogen) atoms. The van der Waals surface area contributed by atoms with Gasteiger partial charge >= 0.3 is 5.97 Å². The first-order chi connectivity index (χ1) is 14.8. The number of ether oxygens (including phenoxy) is 3. The zero-order valence-corrected chi connectivity index (χ0v) is 18.9. The van der Waals surface area contributed by atoms with Gasteiger partial charge in [0.05, 0.1) is 19.1 Å². The van der Waals surface area contributed by atoms with Crippen LogP contribution in [-0.4, -0.2) is 25.5 Å². The molecule has 4 fully saturated rings. The van der Waals surface area contributed by atoms with E-state index in [1.165, 1.54) is 11.1 Å². The van der Waals surface area contributed by atoms with Crippen molar-refractivity contribution >= 4 is 5.97 Å². The summed E-state index contributed by atoms with van der Waals surface area (Å²) < 4.78 is 23.7. The third kappa shape index (κ3) is 2.27. The van der Waals surface area contributed by atoms with Crippen LogP contribution in [-0.2, 0) is 19.0 Å². The van der Waals surface area contributed by atoms with Crippen LogP contribution in [0, 0.1) is 28.1 Å². The maximum absolute atomic E-state index is 12.7. The first kappa shape index (κ1) is 19.8. The van der Waals surface area contributed by atoms with E-state index in [2.05, 4.69) is 26.8 Å². The van der Waals surface area contributed by atoms with Crippen molar-refractivity contribution < 1.29 is 23.4 Å². The number of hydrogen-bond acceptors (Lipinski definition) is 5. The summed E-state index contributed by atoms with van der Waals surface area (Å²) in [4.78, 5) is 12.7. The molecular weight excluding hydrogens is 392 g/mol. The second kappa shape index (κ2) is 6.14. The number of rotatable bonds is 2. The van der Waals surface area contributed by atoms with Crippen molar-refractivity contribution in [1.82, 2.24) is 0 Å². The number of allylic oxidation sites excluding steroid dienone is 1. The standard InChI is InChI=1S/C26H32O5/c1-23(2)20-6-5-17-18(25(20)10-11-26(23,28-4)30-15-25)7-9-24(3)19(17)13-21(27)31-22(24)16-8-12-29-14-16/h6,8,12-14,17-18,22H,5,7,9-11,15H2,1-4H3/t17-,18+,22+,24-,25+,26+/m1/s1. The third-order valence-corrected chi connectivity index (χ3v) is 9.69. The summed E-state index contributed by atoms with van der Waals surface area (Å²) in [5, 5.41) is 0. The average molecular weight is 425 g/mol. The molecular formula is C26H32O5. The average Bonchev–Trinajstić information content (AvgIpc) is 3.28. The summed E-state index contributed by atoms with van der Waals surface area (Å²) in [5.74, 6) is 0.0833. The Morgan fingerprint density at radius 1 is 1.16 bits per heavy atom. The number of cyclic esters (lactones) is 1. The van der Waals surface area contributed by atoms with Crippen molar-refractivity contribution in [2.24, 2.45) is 28.1 Å². The number of carbonyl (C=O) groups is 1. The fourth-order valence-corrected chi connectivity index (χ4v) is 8.14. The van der Waals surface area contributed by atoms with Gasteiger partial charge in [-0.2, -0.15) is 0 Å². The molecule has 5 heteroatoms. The molecule has 1 spiro atoms. The van der Waals surface area contributed by atoms with Crippen LogP contribution in [0.1, 0.15) is 64.5 Å². The van der Waals surface area contributed by atoms with Crippen molar-refractivity contribution in [3.63, 3.8) is 0 Å². The van der Waals surface area contributed by atoms with E-state index in [1.54, 1.807) is 25.7 Å². The molecule has 0 aromatic carbocycles. The lowest BCUT2D eigenvalue weighted by atomic mass is 9.43. The van der Waals surface area contributed by atoms with E-state index < -0.39 is 5.79 Å². The lowest BCUT2D eigenvalue weighted by Crippen LogP contribution is -2.67. The van der Waals surface area contributed by atoms with Crippen molar-refractivity contribution in [2.75, 3.05) is 13.7 Å². The van der Waals surface area contributed by atoms with Crippen molar-refractivity contribution in [2.45, 2.75) is 64.8 Å². The van der Waals surface area contributed by atoms with E-state index in [9.17, 15) is 4.79 Å². The third-order valence-electron chi connectivity index (χ3n) is 9.69. The van der Waals surface area contributed by atoms with E-state index in [0.717, 1.165) is 44.3 Å². The van der Waals surface area contributed by atoms with Crippen LogP contribution >= 0.6 is 0 Å². The molecule has 0 N–H and O–H groups in total. The molecule has 5 nitrogen and oxygen atoms in total. The minimum atomic E-state index is -0.517. The Morgan fingerprint density at radius 2 is 2.00 bits per heavy atom. The van der Waals surface area contributed by atoms with E-state index in [1.807, 2.05) is 6.07 Å². The maximum atomic E-state index is 12.7. The van der Waals surface area contributed by atoms with E-state index in [-0.39, 0.29) is 28.3 Å². The first-order valence-electron chi connectivity index (χ1n) is 11.6. The highest BCUT2D eigenvalue weighted by molar-refractivity contribution is 5.85. The van der Waals surface area contributed by atoms with Gasteiger partial charge in [-0.25, -0.2) is 4.79 Å². The van der Waals surface area contributed by atoms with Crippen molar-refractivity contribution in [1.29, 1.82) is 0 Å². The summed E-state index contributed by atoms with van der Waals surface area (Å²) in [6.07, 6.45) is 12.5. The molecule has 2 bridgehead atoms. The van der Waals surface area contributed by atoms with Crippen LogP contribution < -0.4 is 0 Å². The molecule has 2 saturated carbocycles. The maximum Gasteiger partial charge on any atom is 0.331 e. The largest absolute Gasteiger partial charge is 0.472 e. The molecule has 6 atom stereocenters. The normalized spacial score (nSPS) is 45.0. The molecule has 0 unspecified atom stereocenters. The number of esters is 1. The first-order valence-corrected chi connectivity index (χ1v) is 11.6. The molecule has 1 aromatic heterocycles. The topological polar surface area (TPSA) is 57.9 Å². The SMILES string of the molecule is CO[C@@]12CC[C@@]3(CO1)C(=CC[C@H]1C4=CC(=O)O[C@@H](c5ccoc5)[C@]4(C)CC[C@@H]13)C2(C)C. The highest BCUT2D eigenvalue weighted by Gasteiger charge is 2.68. The molecule has 0 radical (unpaired) electrons. The van der Waals surface area contributed by atoms with Crippen molar-refractivity contribution in [3.05, 3.63) is 47.5 Å². The molecule has 0 amide bonds. The number of fused-ring (bicyclic) bond motifs is 5. The van der Waals surface area contributed by atoms with Gasteiger partial charge in [0, 0.05) is 41.4 Å². The Hall–Kier alpha value is -1.85. The number of hydrogen-bond donors (Lipinski definition) is 0. The van der Waals surface area contributed by atoms with Gasteiger partial charge in [-0.15, -0.1) is 0 Å². The molecule has 1 aromatic rings. The predicted octanol–water partition coefficient (Wildman–Crippen LogP) is 5.35. The van der Waals surface area contributed by atoms with Gasteiger partial charge in [0.1, 0.15) is 6.10 Å². The van der Waals surface area contributed by atoms with Crippen LogP contribution in [0.15, 0.2) is 46.3 Å². The molecule has 3 aliphatic carbocycles. The van der Waals surface area contributed by atoms with Gasteiger partial charge < -0.3 is 18.6 Å². The zero-order chi connectivity index (χ0) is 21.6. The molecule has 4 heterocycles. The summed E-state index contributed by atoms with van der Waals surface area (Å²) in [5.41, 5.74) is 3.44. The zero-order valence-electron chi connectivity index (χ0n) is 18.9. The quantitative estimate of drug-likeness (QED) is 0.473. The Kier molecular flexibility index (Phi) is 3.92. The fraction of sp³-hybridized carbons (Fsp3) is 0.654. The summed E-state index contributed by atoms with van der Waals surface area (Å²) in [6.45, 7) is 7.56. The highest BCUT2D eigenvalue weighted by Crippen LogP contribution is 2.71. The second-order valence-corrected chi connectivity index (χ2v) is 11.0. The second-order valence-electron chi connectivity index (χ2n) is 11.0. The smallest absolute Gasteiger partial charge is 0.331 e. The van der Waals surface area contributed by atoms with Crippen LogP contribution in [0.25, 0.3) is 0 Å². The molecule has 6 aliphatic rings. The molecule has 3 aliphatic heterocycles.